The molecule has 0 N–H and O–H groups in total. The maximum atomic E-state index is 3.85. The molecule has 2 aromatic rings. The molecule has 0 aliphatic heterocycles. The van der Waals surface area contributed by atoms with Crippen molar-refractivity contribution >= 4 is 12.2 Å². The van der Waals surface area contributed by atoms with Crippen molar-refractivity contribution in [3.63, 3.8) is 0 Å². The van der Waals surface area contributed by atoms with Gasteiger partial charge >= 0.3 is 0 Å². The molecule has 2 rings (SSSR count). The van der Waals surface area contributed by atoms with Crippen LogP contribution in [0.15, 0.2) is 62.2 Å². The van der Waals surface area contributed by atoms with Gasteiger partial charge in [-0.3, -0.25) is 9.97 Å². The normalized spacial score (nSPS) is 8.00. The van der Waals surface area contributed by atoms with Gasteiger partial charge in [-0.1, -0.05) is 25.3 Å². The summed E-state index contributed by atoms with van der Waals surface area (Å²) in [7, 11) is 0. The smallest absolute Gasteiger partial charge is 0.0273 e. The average molecular weight is 266 g/mol. The molecule has 0 spiro atoms. The molecule has 0 radical (unpaired) electrons. The molecule has 2 nitrogen and oxygen atoms in total. The van der Waals surface area contributed by atoms with Crippen LogP contribution in [-0.2, 0) is 17.1 Å². The van der Waals surface area contributed by atoms with Crippen LogP contribution in [0.4, 0.5) is 0 Å². The van der Waals surface area contributed by atoms with E-state index in [0.717, 1.165) is 11.1 Å². The standard InChI is InChI=1S/2C7H7N.Fe/c2*1-2-7-3-5-8-6-4-7;/h2*2-6H,1H2;. The number of hydrogen-bond donors (Lipinski definition) is 0. The van der Waals surface area contributed by atoms with E-state index >= 15 is 0 Å². The van der Waals surface area contributed by atoms with Crippen molar-refractivity contribution in [3.8, 4) is 0 Å². The summed E-state index contributed by atoms with van der Waals surface area (Å²) in [6, 6.07) is 7.64. The van der Waals surface area contributed by atoms with Gasteiger partial charge in [-0.15, -0.1) is 0 Å². The Kier molecular flexibility index (Phi) is 8.57. The van der Waals surface area contributed by atoms with E-state index < -0.39 is 0 Å². The van der Waals surface area contributed by atoms with Crippen molar-refractivity contribution in [1.29, 1.82) is 0 Å². The first-order valence-corrected chi connectivity index (χ1v) is 4.91. The SMILES string of the molecule is C=Cc1ccncc1.C=Cc1ccncc1.[Fe]. The molecule has 17 heavy (non-hydrogen) atoms. The second-order valence-electron chi connectivity index (χ2n) is 2.97. The van der Waals surface area contributed by atoms with Crippen LogP contribution in [0, 0.1) is 0 Å². The van der Waals surface area contributed by atoms with E-state index in [4.69, 9.17) is 0 Å². The van der Waals surface area contributed by atoms with Crippen LogP contribution in [0.1, 0.15) is 11.1 Å². The molecule has 0 aliphatic rings. The number of nitrogens with zero attached hydrogens (tertiary/aromatic N) is 2. The predicted molar refractivity (Wildman–Crippen MR) is 68.7 cm³/mol. The molecule has 2 heterocycles. The molecule has 0 atom stereocenters. The van der Waals surface area contributed by atoms with Crippen LogP contribution < -0.4 is 0 Å². The maximum Gasteiger partial charge on any atom is 0.0273 e. The molecule has 0 bridgehead atoms. The first-order chi connectivity index (χ1) is 7.86. The van der Waals surface area contributed by atoms with Gasteiger partial charge in [0.2, 0.25) is 0 Å². The first kappa shape index (κ1) is 15.3. The van der Waals surface area contributed by atoms with Gasteiger partial charge in [0.05, 0.1) is 0 Å². The van der Waals surface area contributed by atoms with Gasteiger partial charge < -0.3 is 0 Å². The molecule has 0 aromatic carbocycles. The third-order valence-corrected chi connectivity index (χ3v) is 1.88. The zero-order valence-corrected chi connectivity index (χ0v) is 10.5. The molecular formula is C14H14FeN2. The van der Waals surface area contributed by atoms with E-state index in [1.807, 2.05) is 24.3 Å². The minimum atomic E-state index is 0. The number of aromatic nitrogens is 2. The van der Waals surface area contributed by atoms with Crippen molar-refractivity contribution in [3.05, 3.63) is 73.3 Å². The molecule has 3 heteroatoms. The fraction of sp³-hybridized carbons (Fsp3) is 0. The van der Waals surface area contributed by atoms with E-state index in [9.17, 15) is 0 Å². The van der Waals surface area contributed by atoms with E-state index in [0.29, 0.717) is 0 Å². The van der Waals surface area contributed by atoms with E-state index in [2.05, 4.69) is 23.1 Å². The van der Waals surface area contributed by atoms with Crippen LogP contribution in [-0.4, -0.2) is 9.97 Å². The summed E-state index contributed by atoms with van der Waals surface area (Å²) in [5.74, 6) is 0. The second-order valence-corrected chi connectivity index (χ2v) is 2.97. The number of pyridine rings is 2. The summed E-state index contributed by atoms with van der Waals surface area (Å²) in [6.45, 7) is 7.21. The molecule has 0 fully saturated rings. The monoisotopic (exact) mass is 266 g/mol. The molecule has 0 amide bonds. The Morgan fingerprint density at radius 3 is 1.18 bits per heavy atom. The van der Waals surface area contributed by atoms with Gasteiger partial charge in [-0.2, -0.15) is 0 Å². The Balaban J connectivity index is 0.000000284. The molecular weight excluding hydrogens is 252 g/mol. The summed E-state index contributed by atoms with van der Waals surface area (Å²) in [6.07, 6.45) is 10.6. The van der Waals surface area contributed by atoms with Crippen LogP contribution in [0.5, 0.6) is 0 Å². The zero-order valence-electron chi connectivity index (χ0n) is 9.44. The van der Waals surface area contributed by atoms with Crippen LogP contribution in [0.2, 0.25) is 0 Å². The van der Waals surface area contributed by atoms with Crippen LogP contribution in [0.3, 0.4) is 0 Å². The van der Waals surface area contributed by atoms with E-state index in [1.54, 1.807) is 36.9 Å². The van der Waals surface area contributed by atoms with Crippen LogP contribution in [0.25, 0.3) is 12.2 Å². The minimum absolute atomic E-state index is 0. The van der Waals surface area contributed by atoms with Gasteiger partial charge in [0.1, 0.15) is 0 Å². The molecule has 88 valence electrons. The zero-order chi connectivity index (χ0) is 11.6. The molecule has 0 saturated carbocycles. The topological polar surface area (TPSA) is 25.8 Å². The number of rotatable bonds is 2. The summed E-state index contributed by atoms with van der Waals surface area (Å²) in [5.41, 5.74) is 2.22. The summed E-state index contributed by atoms with van der Waals surface area (Å²) >= 11 is 0. The Hall–Kier alpha value is -1.70. The van der Waals surface area contributed by atoms with Crippen molar-refractivity contribution < 1.29 is 17.1 Å². The maximum absolute atomic E-state index is 3.85. The Bertz CT molecular complexity index is 383. The third-order valence-electron chi connectivity index (χ3n) is 1.88. The fourth-order valence-corrected chi connectivity index (χ4v) is 0.999. The van der Waals surface area contributed by atoms with Gasteiger partial charge in [-0.25, -0.2) is 0 Å². The van der Waals surface area contributed by atoms with E-state index in [1.165, 1.54) is 0 Å². The molecule has 0 unspecified atom stereocenters. The van der Waals surface area contributed by atoms with Gasteiger partial charge in [0.25, 0.3) is 0 Å². The number of hydrogen-bond acceptors (Lipinski definition) is 2. The second kappa shape index (κ2) is 9.52. The van der Waals surface area contributed by atoms with Gasteiger partial charge in [-0.05, 0) is 35.4 Å². The summed E-state index contributed by atoms with van der Waals surface area (Å²) in [4.78, 5) is 7.69. The Morgan fingerprint density at radius 2 is 1.00 bits per heavy atom. The van der Waals surface area contributed by atoms with Crippen molar-refractivity contribution in [2.24, 2.45) is 0 Å². The summed E-state index contributed by atoms with van der Waals surface area (Å²) < 4.78 is 0. The minimum Gasteiger partial charge on any atom is -0.265 e. The van der Waals surface area contributed by atoms with Crippen molar-refractivity contribution in [2.45, 2.75) is 0 Å². The fourth-order valence-electron chi connectivity index (χ4n) is 0.999. The van der Waals surface area contributed by atoms with Crippen molar-refractivity contribution in [2.75, 3.05) is 0 Å². The van der Waals surface area contributed by atoms with Gasteiger partial charge in [0, 0.05) is 41.9 Å². The molecule has 0 aliphatic carbocycles. The van der Waals surface area contributed by atoms with Crippen molar-refractivity contribution in [1.82, 2.24) is 9.97 Å². The quantitative estimate of drug-likeness (QED) is 0.778. The third kappa shape index (κ3) is 6.46. The predicted octanol–water partition coefficient (Wildman–Crippen LogP) is 3.45. The molecule has 2 aromatic heterocycles. The van der Waals surface area contributed by atoms with Crippen LogP contribution >= 0.6 is 0 Å². The first-order valence-electron chi connectivity index (χ1n) is 4.91. The van der Waals surface area contributed by atoms with E-state index in [-0.39, 0.29) is 17.1 Å². The summed E-state index contributed by atoms with van der Waals surface area (Å²) in [5, 5.41) is 0. The molecule has 0 saturated heterocycles. The largest absolute Gasteiger partial charge is 0.265 e. The Morgan fingerprint density at radius 1 is 0.706 bits per heavy atom. The Labute approximate surface area is 113 Å². The van der Waals surface area contributed by atoms with Gasteiger partial charge in [0.15, 0.2) is 0 Å². The average Bonchev–Trinajstić information content (AvgIpc) is 2.41.